The summed E-state index contributed by atoms with van der Waals surface area (Å²) < 4.78 is 0. The topological polar surface area (TPSA) is 41.1 Å². The minimum absolute atomic E-state index is 0.268. The SMILES string of the molecule is CCCCC(C)NC(=O)CC1CC2CCC(C1)N2. The van der Waals surface area contributed by atoms with E-state index in [1.54, 1.807) is 0 Å². The Hall–Kier alpha value is -0.570. The molecule has 104 valence electrons. The van der Waals surface area contributed by atoms with Crippen LogP contribution >= 0.6 is 0 Å². The number of carbonyl (C=O) groups is 1. The van der Waals surface area contributed by atoms with E-state index in [0.29, 0.717) is 24.0 Å². The molecule has 2 aliphatic rings. The van der Waals surface area contributed by atoms with Crippen LogP contribution < -0.4 is 10.6 Å². The van der Waals surface area contributed by atoms with E-state index in [-0.39, 0.29) is 5.91 Å². The van der Waals surface area contributed by atoms with Gasteiger partial charge in [0.2, 0.25) is 5.91 Å². The molecule has 2 fully saturated rings. The highest BCUT2D eigenvalue weighted by atomic mass is 16.1. The second-order valence-electron chi connectivity index (χ2n) is 6.29. The van der Waals surface area contributed by atoms with Crippen LogP contribution in [0.4, 0.5) is 0 Å². The van der Waals surface area contributed by atoms with Crippen LogP contribution in [0.1, 0.15) is 65.2 Å². The monoisotopic (exact) mass is 252 g/mol. The fourth-order valence-corrected chi connectivity index (χ4v) is 3.52. The molecule has 2 aliphatic heterocycles. The van der Waals surface area contributed by atoms with E-state index in [4.69, 9.17) is 0 Å². The van der Waals surface area contributed by atoms with Crippen LogP contribution in [0.2, 0.25) is 0 Å². The van der Waals surface area contributed by atoms with Gasteiger partial charge in [-0.1, -0.05) is 19.8 Å². The van der Waals surface area contributed by atoms with Gasteiger partial charge in [-0.25, -0.2) is 0 Å². The highest BCUT2D eigenvalue weighted by Gasteiger charge is 2.34. The average molecular weight is 252 g/mol. The molecule has 18 heavy (non-hydrogen) atoms. The van der Waals surface area contributed by atoms with Crippen molar-refractivity contribution in [3.63, 3.8) is 0 Å². The highest BCUT2D eigenvalue weighted by Crippen LogP contribution is 2.32. The first kappa shape index (κ1) is 13.9. The predicted molar refractivity (Wildman–Crippen MR) is 74.4 cm³/mol. The average Bonchev–Trinajstić information content (AvgIpc) is 2.66. The Morgan fingerprint density at radius 2 is 2.00 bits per heavy atom. The van der Waals surface area contributed by atoms with Crippen molar-refractivity contribution >= 4 is 5.91 Å². The normalized spacial score (nSPS) is 32.2. The van der Waals surface area contributed by atoms with Crippen molar-refractivity contribution in [1.82, 2.24) is 10.6 Å². The van der Waals surface area contributed by atoms with Gasteiger partial charge in [-0.2, -0.15) is 0 Å². The van der Waals surface area contributed by atoms with Crippen molar-refractivity contribution in [2.75, 3.05) is 0 Å². The van der Waals surface area contributed by atoms with Gasteiger partial charge in [0, 0.05) is 24.5 Å². The Balaban J connectivity index is 1.67. The lowest BCUT2D eigenvalue weighted by molar-refractivity contribution is -0.122. The van der Waals surface area contributed by atoms with Crippen LogP contribution in [0.25, 0.3) is 0 Å². The zero-order chi connectivity index (χ0) is 13.0. The summed E-state index contributed by atoms with van der Waals surface area (Å²) >= 11 is 0. The third-order valence-corrected chi connectivity index (χ3v) is 4.44. The summed E-state index contributed by atoms with van der Waals surface area (Å²) in [7, 11) is 0. The first-order valence-corrected chi connectivity index (χ1v) is 7.72. The molecular weight excluding hydrogens is 224 g/mol. The number of rotatable bonds is 6. The minimum Gasteiger partial charge on any atom is -0.354 e. The fourth-order valence-electron chi connectivity index (χ4n) is 3.52. The summed E-state index contributed by atoms with van der Waals surface area (Å²) in [5, 5.41) is 6.78. The maximum atomic E-state index is 12.0. The molecule has 2 bridgehead atoms. The Bertz CT molecular complexity index is 268. The first-order valence-electron chi connectivity index (χ1n) is 7.72. The summed E-state index contributed by atoms with van der Waals surface area (Å²) in [4.78, 5) is 12.0. The highest BCUT2D eigenvalue weighted by molar-refractivity contribution is 5.76. The van der Waals surface area contributed by atoms with Crippen molar-refractivity contribution in [3.05, 3.63) is 0 Å². The van der Waals surface area contributed by atoms with E-state index >= 15 is 0 Å². The molecule has 0 saturated carbocycles. The fraction of sp³-hybridized carbons (Fsp3) is 0.933. The van der Waals surface area contributed by atoms with E-state index in [1.807, 2.05) is 0 Å². The van der Waals surface area contributed by atoms with E-state index in [9.17, 15) is 4.79 Å². The van der Waals surface area contributed by atoms with Crippen molar-refractivity contribution in [1.29, 1.82) is 0 Å². The molecule has 2 rings (SSSR count). The lowest BCUT2D eigenvalue weighted by atomic mass is 9.89. The summed E-state index contributed by atoms with van der Waals surface area (Å²) in [5.41, 5.74) is 0. The number of hydrogen-bond acceptors (Lipinski definition) is 2. The molecule has 0 spiro atoms. The van der Waals surface area contributed by atoms with Gasteiger partial charge in [0.15, 0.2) is 0 Å². The van der Waals surface area contributed by atoms with Gasteiger partial charge in [-0.05, 0) is 44.9 Å². The predicted octanol–water partition coefficient (Wildman–Crippen LogP) is 2.60. The van der Waals surface area contributed by atoms with E-state index in [0.717, 1.165) is 12.8 Å². The number of unbranched alkanes of at least 4 members (excludes halogenated alkanes) is 1. The molecule has 3 heteroatoms. The van der Waals surface area contributed by atoms with Crippen LogP contribution in [-0.4, -0.2) is 24.0 Å². The number of nitrogens with one attached hydrogen (secondary N) is 2. The van der Waals surface area contributed by atoms with E-state index in [2.05, 4.69) is 24.5 Å². The van der Waals surface area contributed by atoms with E-state index < -0.39 is 0 Å². The van der Waals surface area contributed by atoms with Gasteiger partial charge in [-0.3, -0.25) is 4.79 Å². The summed E-state index contributed by atoms with van der Waals surface area (Å²) in [5.74, 6) is 0.882. The van der Waals surface area contributed by atoms with Crippen LogP contribution in [0, 0.1) is 5.92 Å². The molecule has 2 saturated heterocycles. The molecule has 0 aliphatic carbocycles. The number of fused-ring (bicyclic) bond motifs is 2. The maximum Gasteiger partial charge on any atom is 0.220 e. The Labute approximate surface area is 111 Å². The molecule has 0 aromatic carbocycles. The summed E-state index contributed by atoms with van der Waals surface area (Å²) in [6, 6.07) is 1.73. The zero-order valence-electron chi connectivity index (χ0n) is 11.9. The molecule has 2 N–H and O–H groups in total. The molecule has 0 aromatic rings. The lowest BCUT2D eigenvalue weighted by Gasteiger charge is -2.29. The molecule has 3 nitrogen and oxygen atoms in total. The molecule has 0 aromatic heterocycles. The second-order valence-corrected chi connectivity index (χ2v) is 6.29. The quantitative estimate of drug-likeness (QED) is 0.763. The van der Waals surface area contributed by atoms with Crippen molar-refractivity contribution in [3.8, 4) is 0 Å². The number of hydrogen-bond donors (Lipinski definition) is 2. The maximum absolute atomic E-state index is 12.0. The smallest absolute Gasteiger partial charge is 0.220 e. The molecule has 3 unspecified atom stereocenters. The minimum atomic E-state index is 0.268. The van der Waals surface area contributed by atoms with Gasteiger partial charge in [-0.15, -0.1) is 0 Å². The van der Waals surface area contributed by atoms with Gasteiger partial charge in [0.25, 0.3) is 0 Å². The van der Waals surface area contributed by atoms with Crippen molar-refractivity contribution in [2.24, 2.45) is 5.92 Å². The van der Waals surface area contributed by atoms with Crippen LogP contribution in [0.15, 0.2) is 0 Å². The second kappa shape index (κ2) is 6.55. The molecule has 3 atom stereocenters. The molecule has 2 heterocycles. The van der Waals surface area contributed by atoms with Gasteiger partial charge >= 0.3 is 0 Å². The standard InChI is InChI=1S/C15H28N2O/c1-3-4-5-11(2)16-15(18)10-12-8-13-6-7-14(9-12)17-13/h11-14,17H,3-10H2,1-2H3,(H,16,18). The van der Waals surface area contributed by atoms with Crippen LogP contribution in [0.3, 0.4) is 0 Å². The number of carbonyl (C=O) groups excluding carboxylic acids is 1. The van der Waals surface area contributed by atoms with Gasteiger partial charge in [0.1, 0.15) is 0 Å². The third-order valence-electron chi connectivity index (χ3n) is 4.44. The molecule has 0 radical (unpaired) electrons. The van der Waals surface area contributed by atoms with E-state index in [1.165, 1.54) is 38.5 Å². The van der Waals surface area contributed by atoms with Crippen molar-refractivity contribution in [2.45, 2.75) is 83.3 Å². The molecular formula is C15H28N2O. The zero-order valence-corrected chi connectivity index (χ0v) is 11.9. The number of piperidine rings is 1. The Kier molecular flexibility index (Phi) is 5.04. The Morgan fingerprint density at radius 1 is 1.33 bits per heavy atom. The van der Waals surface area contributed by atoms with Crippen molar-refractivity contribution < 1.29 is 4.79 Å². The summed E-state index contributed by atoms with van der Waals surface area (Å²) in [6.45, 7) is 4.32. The first-order chi connectivity index (χ1) is 8.67. The Morgan fingerprint density at radius 3 is 2.61 bits per heavy atom. The van der Waals surface area contributed by atoms with Crippen LogP contribution in [-0.2, 0) is 4.79 Å². The van der Waals surface area contributed by atoms with Crippen LogP contribution in [0.5, 0.6) is 0 Å². The summed E-state index contributed by atoms with van der Waals surface area (Å²) in [6.07, 6.45) is 9.30. The van der Waals surface area contributed by atoms with Gasteiger partial charge in [0.05, 0.1) is 0 Å². The molecule has 1 amide bonds. The van der Waals surface area contributed by atoms with Gasteiger partial charge < -0.3 is 10.6 Å². The third kappa shape index (κ3) is 3.98. The largest absolute Gasteiger partial charge is 0.354 e. The number of amides is 1. The lowest BCUT2D eigenvalue weighted by Crippen LogP contribution is -2.40.